The van der Waals surface area contributed by atoms with Crippen molar-refractivity contribution in [1.82, 2.24) is 15.5 Å². The van der Waals surface area contributed by atoms with E-state index in [4.69, 9.17) is 4.74 Å². The molecule has 0 bridgehead atoms. The summed E-state index contributed by atoms with van der Waals surface area (Å²) in [6.07, 6.45) is 1.38. The Hall–Kier alpha value is -2.37. The smallest absolute Gasteiger partial charge is 0.224 e. The van der Waals surface area contributed by atoms with Crippen LogP contribution in [0.1, 0.15) is 23.1 Å². The minimum Gasteiger partial charge on any atom is -0.489 e. The van der Waals surface area contributed by atoms with E-state index in [1.54, 1.807) is 0 Å². The Morgan fingerprint density at radius 2 is 1.89 bits per heavy atom. The van der Waals surface area contributed by atoms with Gasteiger partial charge in [0.25, 0.3) is 0 Å². The Morgan fingerprint density at radius 3 is 2.71 bits per heavy atom. The van der Waals surface area contributed by atoms with Crippen LogP contribution in [0.4, 0.5) is 0 Å². The molecule has 2 N–H and O–H groups in total. The standard InChI is InChI=1S/C23H31N3O2/c1-19-5-2-7-21(15-19)18-28-22-8-3-6-20(16-22)17-23(27)25-9-4-12-26-13-10-24-11-14-26/h2-3,5-8,15-16,24H,4,9-14,17-18H2,1H3,(H,25,27). The predicted octanol–water partition coefficient (Wildman–Crippen LogP) is 2.53. The molecule has 0 spiro atoms. The quantitative estimate of drug-likeness (QED) is 0.656. The molecule has 28 heavy (non-hydrogen) atoms. The molecule has 2 aromatic carbocycles. The number of benzene rings is 2. The molecule has 1 saturated heterocycles. The van der Waals surface area contributed by atoms with Crippen LogP contribution < -0.4 is 15.4 Å². The highest BCUT2D eigenvalue weighted by Gasteiger charge is 2.09. The van der Waals surface area contributed by atoms with Gasteiger partial charge in [-0.05, 0) is 43.1 Å². The number of aryl methyl sites for hydroxylation is 1. The van der Waals surface area contributed by atoms with E-state index in [0.29, 0.717) is 13.0 Å². The first-order chi connectivity index (χ1) is 13.7. The molecule has 0 saturated carbocycles. The Balaban J connectivity index is 1.38. The van der Waals surface area contributed by atoms with E-state index in [1.807, 2.05) is 30.3 Å². The van der Waals surface area contributed by atoms with Crippen LogP contribution >= 0.6 is 0 Å². The molecule has 1 fully saturated rings. The van der Waals surface area contributed by atoms with Gasteiger partial charge in [-0.2, -0.15) is 0 Å². The third-order valence-electron chi connectivity index (χ3n) is 4.93. The molecule has 0 radical (unpaired) electrons. The van der Waals surface area contributed by atoms with Gasteiger partial charge >= 0.3 is 0 Å². The lowest BCUT2D eigenvalue weighted by Gasteiger charge is -2.27. The Labute approximate surface area is 168 Å². The summed E-state index contributed by atoms with van der Waals surface area (Å²) < 4.78 is 5.89. The van der Waals surface area contributed by atoms with Crippen molar-refractivity contribution < 1.29 is 9.53 Å². The van der Waals surface area contributed by atoms with E-state index < -0.39 is 0 Å². The van der Waals surface area contributed by atoms with Gasteiger partial charge < -0.3 is 20.3 Å². The third kappa shape index (κ3) is 6.98. The van der Waals surface area contributed by atoms with Crippen molar-refractivity contribution in [3.05, 3.63) is 65.2 Å². The summed E-state index contributed by atoms with van der Waals surface area (Å²) in [6, 6.07) is 16.1. The number of carbonyl (C=O) groups is 1. The average Bonchev–Trinajstić information content (AvgIpc) is 2.71. The Bertz CT molecular complexity index is 757. The van der Waals surface area contributed by atoms with Crippen LogP contribution in [-0.2, 0) is 17.8 Å². The van der Waals surface area contributed by atoms with Crippen LogP contribution in [0.15, 0.2) is 48.5 Å². The molecular weight excluding hydrogens is 350 g/mol. The fourth-order valence-electron chi connectivity index (χ4n) is 3.43. The number of ether oxygens (including phenoxy) is 1. The molecule has 0 unspecified atom stereocenters. The number of carbonyl (C=O) groups excluding carboxylic acids is 1. The lowest BCUT2D eigenvalue weighted by Crippen LogP contribution is -2.44. The second kappa shape index (κ2) is 10.8. The first-order valence-corrected chi connectivity index (χ1v) is 10.2. The van der Waals surface area contributed by atoms with Crippen molar-refractivity contribution in [1.29, 1.82) is 0 Å². The van der Waals surface area contributed by atoms with Crippen LogP contribution in [0.2, 0.25) is 0 Å². The number of hydrogen-bond acceptors (Lipinski definition) is 4. The Kier molecular flexibility index (Phi) is 7.88. The van der Waals surface area contributed by atoms with Gasteiger partial charge in [-0.1, -0.05) is 42.0 Å². The maximum absolute atomic E-state index is 12.2. The zero-order valence-electron chi connectivity index (χ0n) is 16.7. The van der Waals surface area contributed by atoms with Gasteiger partial charge in [0.05, 0.1) is 6.42 Å². The predicted molar refractivity (Wildman–Crippen MR) is 113 cm³/mol. The first-order valence-electron chi connectivity index (χ1n) is 10.2. The number of hydrogen-bond donors (Lipinski definition) is 2. The summed E-state index contributed by atoms with van der Waals surface area (Å²) in [4.78, 5) is 14.7. The van der Waals surface area contributed by atoms with Gasteiger partial charge in [0, 0.05) is 32.7 Å². The molecule has 1 aliphatic rings. The molecular formula is C23H31N3O2. The molecule has 1 amide bonds. The van der Waals surface area contributed by atoms with E-state index in [9.17, 15) is 4.79 Å². The van der Waals surface area contributed by atoms with E-state index >= 15 is 0 Å². The topological polar surface area (TPSA) is 53.6 Å². The number of nitrogens with zero attached hydrogens (tertiary/aromatic N) is 1. The van der Waals surface area contributed by atoms with Gasteiger partial charge in [0.2, 0.25) is 5.91 Å². The minimum absolute atomic E-state index is 0.0659. The summed E-state index contributed by atoms with van der Waals surface area (Å²) in [5.41, 5.74) is 3.34. The minimum atomic E-state index is 0.0659. The van der Waals surface area contributed by atoms with E-state index in [1.165, 1.54) is 5.56 Å². The van der Waals surface area contributed by atoms with Gasteiger partial charge in [0.15, 0.2) is 0 Å². The van der Waals surface area contributed by atoms with E-state index in [2.05, 4.69) is 40.7 Å². The van der Waals surface area contributed by atoms with E-state index in [0.717, 1.165) is 62.6 Å². The SMILES string of the molecule is Cc1cccc(COc2cccc(CC(=O)NCCCN3CCNCC3)c2)c1. The van der Waals surface area contributed by atoms with Crippen molar-refractivity contribution in [3.63, 3.8) is 0 Å². The van der Waals surface area contributed by atoms with Gasteiger partial charge in [0.1, 0.15) is 12.4 Å². The highest BCUT2D eigenvalue weighted by molar-refractivity contribution is 5.78. The van der Waals surface area contributed by atoms with Crippen LogP contribution in [-0.4, -0.2) is 50.1 Å². The highest BCUT2D eigenvalue weighted by Crippen LogP contribution is 2.16. The summed E-state index contributed by atoms with van der Waals surface area (Å²) >= 11 is 0. The summed E-state index contributed by atoms with van der Waals surface area (Å²) in [6.45, 7) is 8.71. The van der Waals surface area contributed by atoms with Crippen molar-refractivity contribution in [2.45, 2.75) is 26.4 Å². The number of piperazine rings is 1. The molecule has 0 aromatic heterocycles. The molecule has 0 aliphatic carbocycles. The molecule has 3 rings (SSSR count). The van der Waals surface area contributed by atoms with Crippen LogP contribution in [0, 0.1) is 6.92 Å². The maximum Gasteiger partial charge on any atom is 0.224 e. The zero-order valence-corrected chi connectivity index (χ0v) is 16.7. The number of nitrogens with one attached hydrogen (secondary N) is 2. The van der Waals surface area contributed by atoms with Crippen molar-refractivity contribution in [3.8, 4) is 5.75 Å². The summed E-state index contributed by atoms with van der Waals surface area (Å²) in [7, 11) is 0. The van der Waals surface area contributed by atoms with Crippen LogP contribution in [0.5, 0.6) is 5.75 Å². The van der Waals surface area contributed by atoms with E-state index in [-0.39, 0.29) is 5.91 Å². The van der Waals surface area contributed by atoms with Gasteiger partial charge in [-0.25, -0.2) is 0 Å². The normalized spacial score (nSPS) is 14.6. The van der Waals surface area contributed by atoms with Crippen molar-refractivity contribution in [2.75, 3.05) is 39.3 Å². The number of rotatable bonds is 9. The fraction of sp³-hybridized carbons (Fsp3) is 0.435. The Morgan fingerprint density at radius 1 is 1.11 bits per heavy atom. The monoisotopic (exact) mass is 381 g/mol. The molecule has 2 aromatic rings. The van der Waals surface area contributed by atoms with Crippen molar-refractivity contribution in [2.24, 2.45) is 0 Å². The third-order valence-corrected chi connectivity index (χ3v) is 4.93. The second-order valence-corrected chi connectivity index (χ2v) is 7.40. The lowest BCUT2D eigenvalue weighted by atomic mass is 10.1. The van der Waals surface area contributed by atoms with Gasteiger partial charge in [-0.3, -0.25) is 4.79 Å². The average molecular weight is 382 g/mol. The van der Waals surface area contributed by atoms with Crippen LogP contribution in [0.3, 0.4) is 0 Å². The van der Waals surface area contributed by atoms with Gasteiger partial charge in [-0.15, -0.1) is 0 Å². The fourth-order valence-corrected chi connectivity index (χ4v) is 3.43. The lowest BCUT2D eigenvalue weighted by molar-refractivity contribution is -0.120. The molecule has 0 atom stereocenters. The molecule has 5 heteroatoms. The first kappa shape index (κ1) is 20.4. The molecule has 5 nitrogen and oxygen atoms in total. The molecule has 1 heterocycles. The highest BCUT2D eigenvalue weighted by atomic mass is 16.5. The molecule has 1 aliphatic heterocycles. The molecule has 150 valence electrons. The maximum atomic E-state index is 12.2. The second-order valence-electron chi connectivity index (χ2n) is 7.40. The largest absolute Gasteiger partial charge is 0.489 e. The van der Waals surface area contributed by atoms with Crippen LogP contribution in [0.25, 0.3) is 0 Å². The van der Waals surface area contributed by atoms with Crippen molar-refractivity contribution >= 4 is 5.91 Å². The number of amides is 1. The summed E-state index contributed by atoms with van der Waals surface area (Å²) in [5.74, 6) is 0.863. The summed E-state index contributed by atoms with van der Waals surface area (Å²) in [5, 5.41) is 6.39. The zero-order chi connectivity index (χ0) is 19.6.